The van der Waals surface area contributed by atoms with Crippen molar-refractivity contribution in [2.24, 2.45) is 11.7 Å². The van der Waals surface area contributed by atoms with Gasteiger partial charge in [-0.1, -0.05) is 44.3 Å². The van der Waals surface area contributed by atoms with Gasteiger partial charge in [0.25, 0.3) is 5.91 Å². The number of hydrogen-bond acceptors (Lipinski definition) is 3. The molecule has 2 N–H and O–H groups in total. The third kappa shape index (κ3) is 3.82. The third-order valence-corrected chi connectivity index (χ3v) is 3.42. The van der Waals surface area contributed by atoms with Crippen molar-refractivity contribution < 1.29 is 9.21 Å². The SMILES string of the molecule is CC(C)CN(CCC(N)=S)C(=O)c1coc2ccccc12. The zero-order valence-electron chi connectivity index (χ0n) is 12.3. The summed E-state index contributed by atoms with van der Waals surface area (Å²) in [7, 11) is 0. The lowest BCUT2D eigenvalue weighted by atomic mass is 10.1. The monoisotopic (exact) mass is 304 g/mol. The zero-order chi connectivity index (χ0) is 15.4. The standard InChI is InChI=1S/C16H20N2O2S/c1-11(2)9-18(8-7-15(17)21)16(19)13-10-20-14-6-4-3-5-12(13)14/h3-6,10-11H,7-9H2,1-2H3,(H2,17,21). The molecule has 1 aromatic heterocycles. The first-order chi connectivity index (χ1) is 9.99. The van der Waals surface area contributed by atoms with E-state index in [1.54, 1.807) is 4.90 Å². The first-order valence-electron chi connectivity index (χ1n) is 7.03. The van der Waals surface area contributed by atoms with Gasteiger partial charge < -0.3 is 15.1 Å². The third-order valence-electron chi connectivity index (χ3n) is 3.21. The summed E-state index contributed by atoms with van der Waals surface area (Å²) in [6.45, 7) is 5.36. The molecule has 0 saturated heterocycles. The van der Waals surface area contributed by atoms with Crippen LogP contribution in [0.4, 0.5) is 0 Å². The van der Waals surface area contributed by atoms with E-state index in [0.29, 0.717) is 36.0 Å². The average molecular weight is 304 g/mol. The highest BCUT2D eigenvalue weighted by molar-refractivity contribution is 7.80. The molecule has 112 valence electrons. The highest BCUT2D eigenvalue weighted by Crippen LogP contribution is 2.22. The van der Waals surface area contributed by atoms with Crippen LogP contribution in [0.5, 0.6) is 0 Å². The van der Waals surface area contributed by atoms with E-state index in [0.717, 1.165) is 11.0 Å². The fraction of sp³-hybridized carbons (Fsp3) is 0.375. The fourth-order valence-corrected chi connectivity index (χ4v) is 2.37. The summed E-state index contributed by atoms with van der Waals surface area (Å²) in [5.74, 6) is 0.336. The molecule has 21 heavy (non-hydrogen) atoms. The number of furan rings is 1. The molecular formula is C16H20N2O2S. The summed E-state index contributed by atoms with van der Waals surface area (Å²) >= 11 is 4.91. The Kier molecular flexibility index (Phi) is 4.96. The van der Waals surface area contributed by atoms with Crippen molar-refractivity contribution in [3.8, 4) is 0 Å². The molecule has 1 heterocycles. The van der Waals surface area contributed by atoms with Crippen LogP contribution in [0.15, 0.2) is 34.9 Å². The van der Waals surface area contributed by atoms with Gasteiger partial charge in [0.1, 0.15) is 11.8 Å². The quantitative estimate of drug-likeness (QED) is 0.833. The topological polar surface area (TPSA) is 59.5 Å². The molecule has 0 bridgehead atoms. The van der Waals surface area contributed by atoms with Gasteiger partial charge >= 0.3 is 0 Å². The Labute approximate surface area is 129 Å². The van der Waals surface area contributed by atoms with E-state index in [1.807, 2.05) is 24.3 Å². The second-order valence-electron chi connectivity index (χ2n) is 5.51. The van der Waals surface area contributed by atoms with Crippen LogP contribution in [0, 0.1) is 5.92 Å². The molecule has 1 aromatic carbocycles. The van der Waals surface area contributed by atoms with E-state index in [1.165, 1.54) is 6.26 Å². The van der Waals surface area contributed by atoms with Gasteiger partial charge in [-0.2, -0.15) is 0 Å². The molecule has 0 unspecified atom stereocenters. The predicted octanol–water partition coefficient (Wildman–Crippen LogP) is 3.21. The number of carbonyl (C=O) groups is 1. The Hall–Kier alpha value is -1.88. The summed E-state index contributed by atoms with van der Waals surface area (Å²) in [4.78, 5) is 15.0. The largest absolute Gasteiger partial charge is 0.463 e. The normalized spacial score (nSPS) is 11.0. The number of rotatable bonds is 6. The van der Waals surface area contributed by atoms with Gasteiger partial charge in [-0.05, 0) is 12.0 Å². The van der Waals surface area contributed by atoms with Crippen molar-refractivity contribution in [1.29, 1.82) is 0 Å². The van der Waals surface area contributed by atoms with Gasteiger partial charge in [-0.25, -0.2) is 0 Å². The zero-order valence-corrected chi connectivity index (χ0v) is 13.2. The highest BCUT2D eigenvalue weighted by atomic mass is 32.1. The Balaban J connectivity index is 2.26. The lowest BCUT2D eigenvalue weighted by molar-refractivity contribution is 0.0742. The van der Waals surface area contributed by atoms with E-state index >= 15 is 0 Å². The van der Waals surface area contributed by atoms with Crippen LogP contribution >= 0.6 is 12.2 Å². The van der Waals surface area contributed by atoms with Crippen molar-refractivity contribution in [2.45, 2.75) is 20.3 Å². The lowest BCUT2D eigenvalue weighted by Gasteiger charge is -2.24. The smallest absolute Gasteiger partial charge is 0.257 e. The summed E-state index contributed by atoms with van der Waals surface area (Å²) in [5, 5.41) is 0.839. The lowest BCUT2D eigenvalue weighted by Crippen LogP contribution is -2.36. The van der Waals surface area contributed by atoms with E-state index in [-0.39, 0.29) is 5.91 Å². The number of hydrogen-bond donors (Lipinski definition) is 1. The van der Waals surface area contributed by atoms with Gasteiger partial charge in [0.05, 0.1) is 10.6 Å². The molecule has 0 aliphatic carbocycles. The highest BCUT2D eigenvalue weighted by Gasteiger charge is 2.21. The summed E-state index contributed by atoms with van der Waals surface area (Å²) in [6, 6.07) is 7.54. The molecule has 0 atom stereocenters. The van der Waals surface area contributed by atoms with Gasteiger partial charge in [-0.3, -0.25) is 4.79 Å². The maximum Gasteiger partial charge on any atom is 0.257 e. The molecule has 0 spiro atoms. The number of nitrogens with two attached hydrogens (primary N) is 1. The first kappa shape index (κ1) is 15.5. The Morgan fingerprint density at radius 3 is 2.76 bits per heavy atom. The minimum Gasteiger partial charge on any atom is -0.463 e. The maximum atomic E-state index is 12.7. The molecule has 4 nitrogen and oxygen atoms in total. The molecule has 0 aliphatic heterocycles. The number of benzene rings is 1. The number of nitrogens with zero attached hydrogens (tertiary/aromatic N) is 1. The predicted molar refractivity (Wildman–Crippen MR) is 88.4 cm³/mol. The van der Waals surface area contributed by atoms with Crippen LogP contribution in [0.2, 0.25) is 0 Å². The van der Waals surface area contributed by atoms with Crippen molar-refractivity contribution in [3.05, 3.63) is 36.1 Å². The molecule has 0 fully saturated rings. The number of para-hydroxylation sites is 1. The number of fused-ring (bicyclic) bond motifs is 1. The molecule has 2 aromatic rings. The summed E-state index contributed by atoms with van der Waals surface area (Å²) in [5.41, 5.74) is 6.87. The van der Waals surface area contributed by atoms with Crippen LogP contribution < -0.4 is 5.73 Å². The van der Waals surface area contributed by atoms with Gasteiger partial charge in [0.2, 0.25) is 0 Å². The van der Waals surface area contributed by atoms with Crippen LogP contribution in [0.25, 0.3) is 11.0 Å². The molecule has 1 amide bonds. The maximum absolute atomic E-state index is 12.7. The van der Waals surface area contributed by atoms with Crippen LogP contribution in [0.3, 0.4) is 0 Å². The van der Waals surface area contributed by atoms with Crippen LogP contribution in [0.1, 0.15) is 30.6 Å². The summed E-state index contributed by atoms with van der Waals surface area (Å²) < 4.78 is 5.45. The van der Waals surface area contributed by atoms with E-state index in [2.05, 4.69) is 13.8 Å². The van der Waals surface area contributed by atoms with E-state index < -0.39 is 0 Å². The number of thiocarbonyl (C=S) groups is 1. The molecule has 0 aliphatic rings. The fourth-order valence-electron chi connectivity index (χ4n) is 2.28. The van der Waals surface area contributed by atoms with Crippen LogP contribution in [-0.2, 0) is 0 Å². The number of carbonyl (C=O) groups excluding carboxylic acids is 1. The van der Waals surface area contributed by atoms with Gasteiger partial charge in [-0.15, -0.1) is 0 Å². The Morgan fingerprint density at radius 1 is 1.38 bits per heavy atom. The summed E-state index contributed by atoms with van der Waals surface area (Å²) in [6.07, 6.45) is 2.06. The van der Waals surface area contributed by atoms with Gasteiger partial charge in [0.15, 0.2) is 0 Å². The van der Waals surface area contributed by atoms with Crippen molar-refractivity contribution in [1.82, 2.24) is 4.90 Å². The first-order valence-corrected chi connectivity index (χ1v) is 7.43. The minimum atomic E-state index is -0.0371. The molecule has 5 heteroatoms. The second-order valence-corrected chi connectivity index (χ2v) is 6.03. The minimum absolute atomic E-state index is 0.0371. The van der Waals surface area contributed by atoms with Crippen molar-refractivity contribution >= 4 is 34.1 Å². The van der Waals surface area contributed by atoms with Gasteiger partial charge in [0, 0.05) is 24.9 Å². The Morgan fingerprint density at radius 2 is 2.10 bits per heavy atom. The molecule has 2 rings (SSSR count). The average Bonchev–Trinajstić information content (AvgIpc) is 2.86. The van der Waals surface area contributed by atoms with Crippen molar-refractivity contribution in [2.75, 3.05) is 13.1 Å². The van der Waals surface area contributed by atoms with E-state index in [9.17, 15) is 4.79 Å². The number of amides is 1. The second kappa shape index (κ2) is 6.72. The molecule has 0 radical (unpaired) electrons. The Bertz CT molecular complexity index is 649. The van der Waals surface area contributed by atoms with E-state index in [4.69, 9.17) is 22.4 Å². The van der Waals surface area contributed by atoms with Crippen molar-refractivity contribution in [3.63, 3.8) is 0 Å². The molecule has 0 saturated carbocycles. The molecular weight excluding hydrogens is 284 g/mol. The van der Waals surface area contributed by atoms with Crippen LogP contribution in [-0.4, -0.2) is 28.9 Å².